The first-order valence-electron chi connectivity index (χ1n) is 7.12. The zero-order valence-corrected chi connectivity index (χ0v) is 12.1. The monoisotopic (exact) mass is 260 g/mol. The van der Waals surface area contributed by atoms with Crippen LogP contribution in [-0.2, 0) is 4.79 Å². The number of aryl methyl sites for hydroxylation is 1. The molecule has 1 heterocycles. The predicted molar refractivity (Wildman–Crippen MR) is 78.0 cm³/mol. The SMILES string of the molecule is Cc1ccc([C@@H](C)NC(=O)C2CCN(C)CC2)cc1. The molecule has 0 aromatic heterocycles. The van der Waals surface area contributed by atoms with Crippen LogP contribution in [0.2, 0.25) is 0 Å². The molecule has 1 fully saturated rings. The average Bonchev–Trinajstić information content (AvgIpc) is 2.40. The van der Waals surface area contributed by atoms with Gasteiger partial charge < -0.3 is 10.2 Å². The summed E-state index contributed by atoms with van der Waals surface area (Å²) in [6, 6.07) is 8.46. The molecule has 0 unspecified atom stereocenters. The zero-order valence-electron chi connectivity index (χ0n) is 12.1. The molecule has 2 rings (SSSR count). The van der Waals surface area contributed by atoms with Gasteiger partial charge >= 0.3 is 0 Å². The second-order valence-corrected chi connectivity index (χ2v) is 5.72. The molecule has 1 N–H and O–H groups in total. The number of rotatable bonds is 3. The zero-order chi connectivity index (χ0) is 13.8. The van der Waals surface area contributed by atoms with Gasteiger partial charge in [-0.05, 0) is 52.4 Å². The molecule has 1 aliphatic rings. The van der Waals surface area contributed by atoms with Gasteiger partial charge in [-0.2, -0.15) is 0 Å². The fraction of sp³-hybridized carbons (Fsp3) is 0.562. The first-order chi connectivity index (χ1) is 9.06. The highest BCUT2D eigenvalue weighted by atomic mass is 16.1. The lowest BCUT2D eigenvalue weighted by Crippen LogP contribution is -2.39. The van der Waals surface area contributed by atoms with E-state index in [1.54, 1.807) is 0 Å². The first kappa shape index (κ1) is 14.1. The highest BCUT2D eigenvalue weighted by Gasteiger charge is 2.24. The maximum atomic E-state index is 12.2. The van der Waals surface area contributed by atoms with Crippen molar-refractivity contribution in [3.05, 3.63) is 35.4 Å². The van der Waals surface area contributed by atoms with Gasteiger partial charge in [0, 0.05) is 5.92 Å². The van der Waals surface area contributed by atoms with Crippen LogP contribution in [0.1, 0.15) is 36.9 Å². The summed E-state index contributed by atoms with van der Waals surface area (Å²) in [6.07, 6.45) is 1.95. The van der Waals surface area contributed by atoms with Crippen molar-refractivity contribution in [2.24, 2.45) is 5.92 Å². The quantitative estimate of drug-likeness (QED) is 0.905. The summed E-state index contributed by atoms with van der Waals surface area (Å²) in [7, 11) is 2.11. The minimum atomic E-state index is 0.0905. The Hall–Kier alpha value is -1.35. The number of likely N-dealkylation sites (tertiary alicyclic amines) is 1. The van der Waals surface area contributed by atoms with E-state index >= 15 is 0 Å². The third-order valence-electron chi connectivity index (χ3n) is 4.03. The Morgan fingerprint density at radius 1 is 1.26 bits per heavy atom. The lowest BCUT2D eigenvalue weighted by Gasteiger charge is -2.29. The molecule has 1 aromatic carbocycles. The highest BCUT2D eigenvalue weighted by Crippen LogP contribution is 2.19. The summed E-state index contributed by atoms with van der Waals surface area (Å²) >= 11 is 0. The molecule has 3 heteroatoms. The number of carbonyl (C=O) groups excluding carboxylic acids is 1. The summed E-state index contributed by atoms with van der Waals surface area (Å²) in [5, 5.41) is 3.14. The maximum absolute atomic E-state index is 12.2. The Labute approximate surface area is 116 Å². The highest BCUT2D eigenvalue weighted by molar-refractivity contribution is 5.79. The lowest BCUT2D eigenvalue weighted by molar-refractivity contribution is -0.127. The van der Waals surface area contributed by atoms with Crippen LogP contribution in [-0.4, -0.2) is 30.9 Å². The fourth-order valence-corrected chi connectivity index (χ4v) is 2.54. The van der Waals surface area contributed by atoms with E-state index in [1.165, 1.54) is 11.1 Å². The standard InChI is InChI=1S/C16H24N2O/c1-12-4-6-14(7-5-12)13(2)17-16(19)15-8-10-18(3)11-9-15/h4-7,13,15H,8-11H2,1-3H3,(H,17,19)/t13-/m1/s1. The number of benzene rings is 1. The number of hydrogen-bond donors (Lipinski definition) is 1. The Bertz CT molecular complexity index is 419. The Morgan fingerprint density at radius 2 is 1.84 bits per heavy atom. The molecular formula is C16H24N2O. The van der Waals surface area contributed by atoms with Gasteiger partial charge in [-0.3, -0.25) is 4.79 Å². The van der Waals surface area contributed by atoms with Gasteiger partial charge in [-0.15, -0.1) is 0 Å². The van der Waals surface area contributed by atoms with Gasteiger partial charge in [-0.25, -0.2) is 0 Å². The summed E-state index contributed by atoms with van der Waals surface area (Å²) in [5.41, 5.74) is 2.42. The maximum Gasteiger partial charge on any atom is 0.223 e. The van der Waals surface area contributed by atoms with Crippen molar-refractivity contribution in [3.8, 4) is 0 Å². The molecule has 1 saturated heterocycles. The van der Waals surface area contributed by atoms with Crippen molar-refractivity contribution in [1.29, 1.82) is 0 Å². The number of carbonyl (C=O) groups is 1. The van der Waals surface area contributed by atoms with Crippen LogP contribution in [0.15, 0.2) is 24.3 Å². The normalized spacial score (nSPS) is 19.1. The van der Waals surface area contributed by atoms with Gasteiger partial charge in [0.05, 0.1) is 6.04 Å². The molecule has 0 spiro atoms. The molecule has 19 heavy (non-hydrogen) atoms. The topological polar surface area (TPSA) is 32.3 Å². The number of hydrogen-bond acceptors (Lipinski definition) is 2. The molecule has 0 bridgehead atoms. The average molecular weight is 260 g/mol. The third-order valence-corrected chi connectivity index (χ3v) is 4.03. The first-order valence-corrected chi connectivity index (χ1v) is 7.12. The van der Waals surface area contributed by atoms with E-state index in [0.29, 0.717) is 0 Å². The van der Waals surface area contributed by atoms with Crippen molar-refractivity contribution in [1.82, 2.24) is 10.2 Å². The second-order valence-electron chi connectivity index (χ2n) is 5.72. The van der Waals surface area contributed by atoms with Crippen molar-refractivity contribution in [2.75, 3.05) is 20.1 Å². The van der Waals surface area contributed by atoms with E-state index in [0.717, 1.165) is 25.9 Å². The molecule has 1 amide bonds. The van der Waals surface area contributed by atoms with Crippen molar-refractivity contribution >= 4 is 5.91 Å². The van der Waals surface area contributed by atoms with Crippen LogP contribution in [0.25, 0.3) is 0 Å². The number of piperidine rings is 1. The van der Waals surface area contributed by atoms with Crippen molar-refractivity contribution < 1.29 is 4.79 Å². The van der Waals surface area contributed by atoms with Gasteiger partial charge in [0.15, 0.2) is 0 Å². The minimum Gasteiger partial charge on any atom is -0.349 e. The third kappa shape index (κ3) is 3.80. The van der Waals surface area contributed by atoms with Crippen LogP contribution in [0.4, 0.5) is 0 Å². The van der Waals surface area contributed by atoms with Gasteiger partial charge in [0.25, 0.3) is 0 Å². The molecule has 1 aromatic rings. The molecule has 3 nitrogen and oxygen atoms in total. The van der Waals surface area contributed by atoms with E-state index in [1.807, 2.05) is 0 Å². The molecule has 0 radical (unpaired) electrons. The molecule has 104 valence electrons. The van der Waals surface area contributed by atoms with Crippen LogP contribution in [0.3, 0.4) is 0 Å². The molecule has 1 aliphatic heterocycles. The van der Waals surface area contributed by atoms with Crippen LogP contribution < -0.4 is 5.32 Å². The summed E-state index contributed by atoms with van der Waals surface area (Å²) < 4.78 is 0. The number of nitrogens with one attached hydrogen (secondary N) is 1. The van der Waals surface area contributed by atoms with E-state index < -0.39 is 0 Å². The van der Waals surface area contributed by atoms with Crippen LogP contribution >= 0.6 is 0 Å². The van der Waals surface area contributed by atoms with Gasteiger partial charge in [-0.1, -0.05) is 29.8 Å². The fourth-order valence-electron chi connectivity index (χ4n) is 2.54. The number of nitrogens with zero attached hydrogens (tertiary/aromatic N) is 1. The van der Waals surface area contributed by atoms with Crippen LogP contribution in [0.5, 0.6) is 0 Å². The van der Waals surface area contributed by atoms with E-state index in [-0.39, 0.29) is 17.9 Å². The molecule has 1 atom stereocenters. The largest absolute Gasteiger partial charge is 0.349 e. The van der Waals surface area contributed by atoms with Crippen molar-refractivity contribution in [2.45, 2.75) is 32.7 Å². The lowest BCUT2D eigenvalue weighted by atomic mass is 9.95. The molecule has 0 saturated carbocycles. The van der Waals surface area contributed by atoms with Gasteiger partial charge in [0.1, 0.15) is 0 Å². The minimum absolute atomic E-state index is 0.0905. The number of amides is 1. The van der Waals surface area contributed by atoms with Crippen LogP contribution in [0, 0.1) is 12.8 Å². The van der Waals surface area contributed by atoms with E-state index in [2.05, 4.69) is 55.4 Å². The smallest absolute Gasteiger partial charge is 0.223 e. The molecular weight excluding hydrogens is 236 g/mol. The Balaban J connectivity index is 1.89. The predicted octanol–water partition coefficient (Wildman–Crippen LogP) is 2.51. The van der Waals surface area contributed by atoms with E-state index in [9.17, 15) is 4.79 Å². The Kier molecular flexibility index (Phi) is 4.59. The summed E-state index contributed by atoms with van der Waals surface area (Å²) in [5.74, 6) is 0.394. The summed E-state index contributed by atoms with van der Waals surface area (Å²) in [6.45, 7) is 6.18. The van der Waals surface area contributed by atoms with Gasteiger partial charge in [0.2, 0.25) is 5.91 Å². The summed E-state index contributed by atoms with van der Waals surface area (Å²) in [4.78, 5) is 14.5. The second kappa shape index (κ2) is 6.20. The van der Waals surface area contributed by atoms with Crippen molar-refractivity contribution in [3.63, 3.8) is 0 Å². The molecule has 0 aliphatic carbocycles. The Morgan fingerprint density at radius 3 is 2.42 bits per heavy atom. The van der Waals surface area contributed by atoms with E-state index in [4.69, 9.17) is 0 Å².